The van der Waals surface area contributed by atoms with Gasteiger partial charge in [0, 0.05) is 6.54 Å². The maximum absolute atomic E-state index is 12.6. The zero-order chi connectivity index (χ0) is 16.7. The molecule has 24 heavy (non-hydrogen) atoms. The number of hydrogen-bond acceptors (Lipinski definition) is 3. The van der Waals surface area contributed by atoms with E-state index in [0.29, 0.717) is 6.54 Å². The van der Waals surface area contributed by atoms with Gasteiger partial charge in [-0.15, -0.1) is 0 Å². The summed E-state index contributed by atoms with van der Waals surface area (Å²) >= 11 is 0. The van der Waals surface area contributed by atoms with Gasteiger partial charge in [-0.25, -0.2) is 4.98 Å². The normalized spacial score (nSPS) is 18.5. The Morgan fingerprint density at radius 3 is 2.92 bits per heavy atom. The molecule has 0 saturated heterocycles. The second-order valence-corrected chi connectivity index (χ2v) is 7.06. The number of nitrogens with zero attached hydrogens (tertiary/aromatic N) is 1. The predicted octanol–water partition coefficient (Wildman–Crippen LogP) is 2.92. The maximum Gasteiger partial charge on any atom is 0.255 e. The molecule has 4 heteroatoms. The van der Waals surface area contributed by atoms with Gasteiger partial charge in [-0.2, -0.15) is 0 Å². The third-order valence-electron chi connectivity index (χ3n) is 5.28. The summed E-state index contributed by atoms with van der Waals surface area (Å²) < 4.78 is 0. The summed E-state index contributed by atoms with van der Waals surface area (Å²) in [5.41, 5.74) is 5.12. The summed E-state index contributed by atoms with van der Waals surface area (Å²) in [7, 11) is 0. The topological polar surface area (TPSA) is 57.8 Å². The van der Waals surface area contributed by atoms with Gasteiger partial charge < -0.3 is 10.3 Å². The van der Waals surface area contributed by atoms with Gasteiger partial charge in [-0.1, -0.05) is 36.4 Å². The number of benzene rings is 1. The van der Waals surface area contributed by atoms with Gasteiger partial charge in [0.2, 0.25) is 0 Å². The van der Waals surface area contributed by atoms with Crippen molar-refractivity contribution < 1.29 is 0 Å². The van der Waals surface area contributed by atoms with Crippen LogP contribution in [0.5, 0.6) is 0 Å². The minimum atomic E-state index is -0.126. The van der Waals surface area contributed by atoms with E-state index in [4.69, 9.17) is 4.98 Å². The summed E-state index contributed by atoms with van der Waals surface area (Å²) in [4.78, 5) is 20.6. The zero-order valence-electron chi connectivity index (χ0n) is 14.1. The van der Waals surface area contributed by atoms with E-state index in [2.05, 4.69) is 41.1 Å². The molecular formula is C20H23N3O. The molecule has 124 valence electrons. The first-order chi connectivity index (χ1) is 11.6. The average Bonchev–Trinajstić information content (AvgIpc) is 3.39. The molecule has 0 radical (unpaired) electrons. The Labute approximate surface area is 142 Å². The van der Waals surface area contributed by atoms with E-state index in [0.717, 1.165) is 60.4 Å². The highest BCUT2D eigenvalue weighted by Crippen LogP contribution is 2.52. The Kier molecular flexibility index (Phi) is 3.65. The largest absolute Gasteiger partial charge is 0.312 e. The van der Waals surface area contributed by atoms with Crippen LogP contribution in [-0.2, 0) is 18.4 Å². The number of nitrogens with one attached hydrogen (secondary N) is 2. The second kappa shape index (κ2) is 5.71. The van der Waals surface area contributed by atoms with Gasteiger partial charge in [0.15, 0.2) is 0 Å². The lowest BCUT2D eigenvalue weighted by atomic mass is 9.92. The molecule has 1 aromatic carbocycles. The number of aryl methyl sites for hydroxylation is 1. The fraction of sp³-hybridized carbons (Fsp3) is 0.400. The van der Waals surface area contributed by atoms with Crippen LogP contribution in [0.4, 0.5) is 0 Å². The van der Waals surface area contributed by atoms with Crippen LogP contribution in [0.2, 0.25) is 0 Å². The predicted molar refractivity (Wildman–Crippen MR) is 96.0 cm³/mol. The van der Waals surface area contributed by atoms with E-state index < -0.39 is 0 Å². The van der Waals surface area contributed by atoms with Gasteiger partial charge in [0.25, 0.3) is 5.56 Å². The molecular weight excluding hydrogens is 298 g/mol. The quantitative estimate of drug-likeness (QED) is 0.914. The number of aromatic nitrogens is 2. The molecule has 2 aromatic rings. The Bertz CT molecular complexity index is 861. The summed E-state index contributed by atoms with van der Waals surface area (Å²) in [6.45, 7) is 7.63. The van der Waals surface area contributed by atoms with Crippen LogP contribution in [0, 0.1) is 0 Å². The second-order valence-electron chi connectivity index (χ2n) is 7.06. The molecule has 0 amide bonds. The molecule has 4 rings (SSSR count). The van der Waals surface area contributed by atoms with Crippen LogP contribution in [0.3, 0.4) is 0 Å². The lowest BCUT2D eigenvalue weighted by molar-refractivity contribution is 0.678. The monoisotopic (exact) mass is 321 g/mol. The van der Waals surface area contributed by atoms with E-state index in [-0.39, 0.29) is 11.0 Å². The van der Waals surface area contributed by atoms with Gasteiger partial charge >= 0.3 is 0 Å². The Morgan fingerprint density at radius 2 is 2.17 bits per heavy atom. The summed E-state index contributed by atoms with van der Waals surface area (Å²) in [5, 5.41) is 3.30. The minimum Gasteiger partial charge on any atom is -0.312 e. The van der Waals surface area contributed by atoms with Crippen molar-refractivity contribution in [2.45, 2.75) is 44.6 Å². The van der Waals surface area contributed by atoms with E-state index in [1.807, 2.05) is 6.92 Å². The van der Waals surface area contributed by atoms with Crippen LogP contribution in [0.25, 0.3) is 5.57 Å². The van der Waals surface area contributed by atoms with Crippen molar-refractivity contribution in [3.05, 3.63) is 69.4 Å². The fourth-order valence-corrected chi connectivity index (χ4v) is 3.62. The fourth-order valence-electron chi connectivity index (χ4n) is 3.62. The van der Waals surface area contributed by atoms with Crippen LogP contribution in [-0.4, -0.2) is 16.5 Å². The lowest BCUT2D eigenvalue weighted by Crippen LogP contribution is -2.26. The van der Waals surface area contributed by atoms with Crippen molar-refractivity contribution >= 4 is 5.57 Å². The number of hydrogen-bond donors (Lipinski definition) is 2. The summed E-state index contributed by atoms with van der Waals surface area (Å²) in [6, 6.07) is 8.50. The molecule has 1 aromatic heterocycles. The molecule has 1 aliphatic carbocycles. The lowest BCUT2D eigenvalue weighted by Gasteiger charge is -2.18. The van der Waals surface area contributed by atoms with Gasteiger partial charge in [0.05, 0.1) is 16.7 Å². The highest BCUT2D eigenvalue weighted by atomic mass is 16.1. The highest BCUT2D eigenvalue weighted by Gasteiger charge is 2.48. The van der Waals surface area contributed by atoms with Crippen molar-refractivity contribution in [1.29, 1.82) is 0 Å². The molecule has 0 spiro atoms. The van der Waals surface area contributed by atoms with Crippen LogP contribution >= 0.6 is 0 Å². The van der Waals surface area contributed by atoms with Crippen molar-refractivity contribution in [1.82, 2.24) is 15.3 Å². The van der Waals surface area contributed by atoms with E-state index in [9.17, 15) is 4.79 Å². The first kappa shape index (κ1) is 15.3. The van der Waals surface area contributed by atoms with Crippen molar-refractivity contribution in [2.24, 2.45) is 0 Å². The van der Waals surface area contributed by atoms with Crippen LogP contribution in [0.1, 0.15) is 54.4 Å². The summed E-state index contributed by atoms with van der Waals surface area (Å²) in [5.74, 6) is 0.840. The smallest absolute Gasteiger partial charge is 0.255 e. The number of allylic oxidation sites excluding steroid dienone is 1. The van der Waals surface area contributed by atoms with Crippen LogP contribution < -0.4 is 10.9 Å². The Morgan fingerprint density at radius 1 is 1.33 bits per heavy atom. The zero-order valence-corrected chi connectivity index (χ0v) is 14.1. The third kappa shape index (κ3) is 2.51. The van der Waals surface area contributed by atoms with Gasteiger partial charge in [0.1, 0.15) is 5.82 Å². The molecule has 2 heterocycles. The molecule has 0 unspecified atom stereocenters. The summed E-state index contributed by atoms with van der Waals surface area (Å²) in [6.07, 6.45) is 3.97. The van der Waals surface area contributed by atoms with E-state index in [1.165, 1.54) is 5.56 Å². The van der Waals surface area contributed by atoms with E-state index in [1.54, 1.807) is 0 Å². The number of fused-ring (bicyclic) bond motifs is 1. The molecule has 1 aliphatic heterocycles. The molecule has 2 N–H and O–H groups in total. The van der Waals surface area contributed by atoms with Crippen LogP contribution in [0.15, 0.2) is 35.6 Å². The molecule has 4 nitrogen and oxygen atoms in total. The standard InChI is InChI=1S/C20H23N3O/c1-13(2)14-5-3-6-15(11-14)20(8-9-20)19-22-17-7-4-10-21-12-16(17)18(24)23-19/h3,5-6,11,21H,1,4,7-10,12H2,2H3,(H,22,23,24). The number of aromatic amines is 1. The minimum absolute atomic E-state index is 0.0201. The van der Waals surface area contributed by atoms with Crippen molar-refractivity contribution in [3.8, 4) is 0 Å². The molecule has 1 fully saturated rings. The SMILES string of the molecule is C=C(C)c1cccc(C2(c3nc4c(c(=O)[nH]3)CNCCC4)CC2)c1. The highest BCUT2D eigenvalue weighted by molar-refractivity contribution is 5.63. The Hall–Kier alpha value is -2.20. The van der Waals surface area contributed by atoms with E-state index >= 15 is 0 Å². The molecule has 2 aliphatic rings. The maximum atomic E-state index is 12.6. The molecule has 0 atom stereocenters. The van der Waals surface area contributed by atoms with Gasteiger partial charge in [-0.3, -0.25) is 4.79 Å². The number of H-pyrrole nitrogens is 1. The van der Waals surface area contributed by atoms with Gasteiger partial charge in [-0.05, 0) is 50.3 Å². The third-order valence-corrected chi connectivity index (χ3v) is 5.28. The first-order valence-corrected chi connectivity index (χ1v) is 8.70. The average molecular weight is 321 g/mol. The number of rotatable bonds is 3. The van der Waals surface area contributed by atoms with Crippen molar-refractivity contribution in [2.75, 3.05) is 6.54 Å². The van der Waals surface area contributed by atoms with Crippen molar-refractivity contribution in [3.63, 3.8) is 0 Å². The molecule has 1 saturated carbocycles. The first-order valence-electron chi connectivity index (χ1n) is 8.70. The Balaban J connectivity index is 1.80. The molecule has 0 bridgehead atoms.